The van der Waals surface area contributed by atoms with Crippen molar-refractivity contribution >= 4 is 10.0 Å². The normalized spacial score (nSPS) is 12.2. The largest absolute Gasteiger partial charge is 0.377 e. The highest BCUT2D eigenvalue weighted by molar-refractivity contribution is 7.89. The van der Waals surface area contributed by atoms with Crippen LogP contribution in [0.1, 0.15) is 13.8 Å². The summed E-state index contributed by atoms with van der Waals surface area (Å²) in [7, 11) is -1.67. The number of hydrogen-bond donors (Lipinski definition) is 2. The van der Waals surface area contributed by atoms with Crippen LogP contribution >= 0.6 is 0 Å². The lowest BCUT2D eigenvalue weighted by atomic mass is 10.5. The molecule has 0 spiro atoms. The molecule has 8 heteroatoms. The summed E-state index contributed by atoms with van der Waals surface area (Å²) in [4.78, 5) is 0.174. The number of hydrogen-bond acceptors (Lipinski definition) is 5. The standard InChI is InChI=1S/C11H22N4O3S/c1-10(2)18-7-5-14-19(16,17)11-8-13-15(9-11)6-4-12-3/h8-10,12,14H,4-7H2,1-3H3. The van der Waals surface area contributed by atoms with Crippen LogP contribution in [0, 0.1) is 0 Å². The molecule has 1 aromatic rings. The molecule has 0 fully saturated rings. The first-order chi connectivity index (χ1) is 8.95. The van der Waals surface area contributed by atoms with Crippen molar-refractivity contribution in [3.05, 3.63) is 12.4 Å². The molecule has 110 valence electrons. The minimum Gasteiger partial charge on any atom is -0.377 e. The van der Waals surface area contributed by atoms with E-state index in [9.17, 15) is 8.42 Å². The number of sulfonamides is 1. The number of likely N-dealkylation sites (N-methyl/N-ethyl adjacent to an activating group) is 1. The van der Waals surface area contributed by atoms with Crippen molar-refractivity contribution in [1.29, 1.82) is 0 Å². The van der Waals surface area contributed by atoms with Crippen molar-refractivity contribution < 1.29 is 13.2 Å². The van der Waals surface area contributed by atoms with Crippen molar-refractivity contribution in [2.24, 2.45) is 0 Å². The van der Waals surface area contributed by atoms with Gasteiger partial charge in [0.05, 0.1) is 25.5 Å². The van der Waals surface area contributed by atoms with E-state index in [2.05, 4.69) is 15.1 Å². The van der Waals surface area contributed by atoms with Crippen molar-refractivity contribution in [3.8, 4) is 0 Å². The Morgan fingerprint density at radius 3 is 2.79 bits per heavy atom. The molecule has 0 saturated heterocycles. The molecular weight excluding hydrogens is 268 g/mol. The average Bonchev–Trinajstić information content (AvgIpc) is 2.81. The molecular formula is C11H22N4O3S. The van der Waals surface area contributed by atoms with Gasteiger partial charge in [-0.25, -0.2) is 13.1 Å². The van der Waals surface area contributed by atoms with Gasteiger partial charge in [-0.05, 0) is 20.9 Å². The van der Waals surface area contributed by atoms with Gasteiger partial charge in [-0.1, -0.05) is 0 Å². The highest BCUT2D eigenvalue weighted by atomic mass is 32.2. The molecule has 1 rings (SSSR count). The highest BCUT2D eigenvalue weighted by Crippen LogP contribution is 2.06. The average molecular weight is 290 g/mol. The van der Waals surface area contributed by atoms with Crippen molar-refractivity contribution in [1.82, 2.24) is 19.8 Å². The number of ether oxygens (including phenoxy) is 1. The van der Waals surface area contributed by atoms with Gasteiger partial charge in [0, 0.05) is 19.3 Å². The molecule has 0 aliphatic carbocycles. The number of nitrogens with one attached hydrogen (secondary N) is 2. The monoisotopic (exact) mass is 290 g/mol. The van der Waals surface area contributed by atoms with E-state index in [4.69, 9.17) is 4.74 Å². The molecule has 2 N–H and O–H groups in total. The molecule has 19 heavy (non-hydrogen) atoms. The van der Waals surface area contributed by atoms with Gasteiger partial charge in [0.25, 0.3) is 0 Å². The zero-order chi connectivity index (χ0) is 14.3. The lowest BCUT2D eigenvalue weighted by molar-refractivity contribution is 0.0834. The fraction of sp³-hybridized carbons (Fsp3) is 0.727. The molecule has 0 radical (unpaired) electrons. The smallest absolute Gasteiger partial charge is 0.243 e. The lowest BCUT2D eigenvalue weighted by Gasteiger charge is -2.08. The van der Waals surface area contributed by atoms with E-state index in [-0.39, 0.29) is 17.5 Å². The molecule has 0 aliphatic rings. The van der Waals surface area contributed by atoms with Crippen LogP contribution in [0.2, 0.25) is 0 Å². The van der Waals surface area contributed by atoms with Crippen molar-refractivity contribution in [2.75, 3.05) is 26.7 Å². The Kier molecular flexibility index (Phi) is 6.43. The van der Waals surface area contributed by atoms with E-state index < -0.39 is 10.0 Å². The fourth-order valence-electron chi connectivity index (χ4n) is 1.39. The first-order valence-corrected chi connectivity index (χ1v) is 7.72. The first kappa shape index (κ1) is 16.1. The van der Waals surface area contributed by atoms with E-state index in [1.165, 1.54) is 12.4 Å². The van der Waals surface area contributed by atoms with Gasteiger partial charge in [-0.15, -0.1) is 0 Å². The maximum absolute atomic E-state index is 11.9. The predicted octanol–water partition coefficient (Wildman–Crippen LogP) is -0.194. The minimum atomic E-state index is -3.50. The summed E-state index contributed by atoms with van der Waals surface area (Å²) in [6.45, 7) is 5.77. The Bertz CT molecular complexity index is 470. The molecule has 0 atom stereocenters. The summed E-state index contributed by atoms with van der Waals surface area (Å²) >= 11 is 0. The van der Waals surface area contributed by atoms with E-state index in [0.717, 1.165) is 6.54 Å². The fourth-order valence-corrected chi connectivity index (χ4v) is 2.35. The number of aromatic nitrogens is 2. The van der Waals surface area contributed by atoms with Crippen LogP contribution < -0.4 is 10.0 Å². The van der Waals surface area contributed by atoms with Gasteiger partial charge in [0.15, 0.2) is 0 Å². The summed E-state index contributed by atoms with van der Waals surface area (Å²) < 4.78 is 33.2. The molecule has 0 aromatic carbocycles. The van der Waals surface area contributed by atoms with Gasteiger partial charge in [0.1, 0.15) is 4.90 Å². The molecule has 0 saturated carbocycles. The molecule has 1 heterocycles. The van der Waals surface area contributed by atoms with Crippen molar-refractivity contribution in [2.45, 2.75) is 31.4 Å². The zero-order valence-electron chi connectivity index (χ0n) is 11.6. The quantitative estimate of drug-likeness (QED) is 0.616. The third kappa shape index (κ3) is 5.68. The molecule has 1 aromatic heterocycles. The third-order valence-electron chi connectivity index (χ3n) is 2.36. The van der Waals surface area contributed by atoms with Gasteiger partial charge in [-0.2, -0.15) is 5.10 Å². The third-order valence-corrected chi connectivity index (χ3v) is 3.77. The molecule has 0 aliphatic heterocycles. The predicted molar refractivity (Wildman–Crippen MR) is 72.4 cm³/mol. The first-order valence-electron chi connectivity index (χ1n) is 6.24. The summed E-state index contributed by atoms with van der Waals surface area (Å²) in [6, 6.07) is 0. The zero-order valence-corrected chi connectivity index (χ0v) is 12.4. The number of rotatable bonds is 9. The Morgan fingerprint density at radius 1 is 1.42 bits per heavy atom. The molecule has 0 bridgehead atoms. The second kappa shape index (κ2) is 7.59. The maximum Gasteiger partial charge on any atom is 0.243 e. The van der Waals surface area contributed by atoms with Crippen LogP contribution in [0.3, 0.4) is 0 Å². The Balaban J connectivity index is 2.50. The summed E-state index contributed by atoms with van der Waals surface area (Å²) in [5, 5.41) is 6.98. The minimum absolute atomic E-state index is 0.0915. The van der Waals surface area contributed by atoms with E-state index in [0.29, 0.717) is 13.2 Å². The van der Waals surface area contributed by atoms with Gasteiger partial charge >= 0.3 is 0 Å². The topological polar surface area (TPSA) is 85.2 Å². The van der Waals surface area contributed by atoms with Crippen LogP contribution in [0.25, 0.3) is 0 Å². The molecule has 0 unspecified atom stereocenters. The summed E-state index contributed by atoms with van der Waals surface area (Å²) in [5.74, 6) is 0. The van der Waals surface area contributed by atoms with E-state index >= 15 is 0 Å². The second-order valence-electron chi connectivity index (χ2n) is 4.36. The SMILES string of the molecule is CNCCn1cc(S(=O)(=O)NCCOC(C)C)cn1. The van der Waals surface area contributed by atoms with Crippen LogP contribution in [-0.4, -0.2) is 51.0 Å². The lowest BCUT2D eigenvalue weighted by Crippen LogP contribution is -2.28. The van der Waals surface area contributed by atoms with Crippen LogP contribution in [0.15, 0.2) is 17.3 Å². The van der Waals surface area contributed by atoms with Crippen LogP contribution in [0.4, 0.5) is 0 Å². The second-order valence-corrected chi connectivity index (χ2v) is 6.13. The highest BCUT2D eigenvalue weighted by Gasteiger charge is 2.15. The van der Waals surface area contributed by atoms with Gasteiger partial charge < -0.3 is 10.1 Å². The molecule has 7 nitrogen and oxygen atoms in total. The summed E-state index contributed by atoms with van der Waals surface area (Å²) in [5.41, 5.74) is 0. The van der Waals surface area contributed by atoms with Gasteiger partial charge in [0.2, 0.25) is 10.0 Å². The van der Waals surface area contributed by atoms with Crippen LogP contribution in [-0.2, 0) is 21.3 Å². The molecule has 0 amide bonds. The Morgan fingerprint density at radius 2 is 2.16 bits per heavy atom. The number of nitrogens with zero attached hydrogens (tertiary/aromatic N) is 2. The van der Waals surface area contributed by atoms with Gasteiger partial charge in [-0.3, -0.25) is 4.68 Å². The maximum atomic E-state index is 11.9. The van der Waals surface area contributed by atoms with E-state index in [1.807, 2.05) is 20.9 Å². The summed E-state index contributed by atoms with van der Waals surface area (Å²) in [6.07, 6.45) is 2.96. The van der Waals surface area contributed by atoms with E-state index in [1.54, 1.807) is 4.68 Å². The Labute approximate surface area is 114 Å². The van der Waals surface area contributed by atoms with Crippen LogP contribution in [0.5, 0.6) is 0 Å². The Hall–Kier alpha value is -0.960. The van der Waals surface area contributed by atoms with Crippen molar-refractivity contribution in [3.63, 3.8) is 0 Å².